The zero-order valence-electron chi connectivity index (χ0n) is 11.1. The van der Waals surface area contributed by atoms with Gasteiger partial charge in [-0.05, 0) is 13.0 Å². The number of nitrogen functional groups attached to an aromatic ring is 1. The fraction of sp³-hybridized carbons (Fsp3) is 0.364. The van der Waals surface area contributed by atoms with Crippen molar-refractivity contribution in [3.05, 3.63) is 29.8 Å². The van der Waals surface area contributed by atoms with E-state index in [1.165, 1.54) is 6.07 Å². The Hall–Kier alpha value is -2.20. The molecule has 0 aromatic carbocycles. The van der Waals surface area contributed by atoms with Crippen molar-refractivity contribution in [1.82, 2.24) is 19.7 Å². The minimum Gasteiger partial charge on any atom is -0.374 e. The summed E-state index contributed by atoms with van der Waals surface area (Å²) >= 11 is 0. The van der Waals surface area contributed by atoms with Gasteiger partial charge >= 0.3 is 6.18 Å². The normalized spacial score (nSPS) is 11.7. The van der Waals surface area contributed by atoms with Gasteiger partial charge in [0, 0.05) is 18.9 Å². The van der Waals surface area contributed by atoms with Crippen LogP contribution in [0.25, 0.3) is 5.82 Å². The maximum atomic E-state index is 12.5. The molecule has 0 aliphatic carbocycles. The largest absolute Gasteiger partial charge is 0.435 e. The Morgan fingerprint density at radius 1 is 1.38 bits per heavy atom. The Morgan fingerprint density at radius 2 is 2.14 bits per heavy atom. The van der Waals surface area contributed by atoms with Gasteiger partial charge in [0.25, 0.3) is 0 Å². The third-order valence-electron chi connectivity index (χ3n) is 2.46. The van der Waals surface area contributed by atoms with Crippen molar-refractivity contribution >= 4 is 5.82 Å². The summed E-state index contributed by atoms with van der Waals surface area (Å²) in [7, 11) is 0. The van der Waals surface area contributed by atoms with Gasteiger partial charge < -0.3 is 10.2 Å². The minimum atomic E-state index is -4.51. The first kappa shape index (κ1) is 15.2. The lowest BCUT2D eigenvalue weighted by molar-refractivity contribution is -0.141. The van der Waals surface area contributed by atoms with Crippen molar-refractivity contribution in [1.29, 1.82) is 0 Å². The number of aromatic nitrogens is 4. The molecule has 0 saturated carbocycles. The maximum Gasteiger partial charge on any atom is 0.435 e. The van der Waals surface area contributed by atoms with E-state index in [0.717, 1.165) is 16.9 Å². The first-order valence-corrected chi connectivity index (χ1v) is 5.99. The van der Waals surface area contributed by atoms with Crippen LogP contribution in [0.4, 0.5) is 19.0 Å². The minimum absolute atomic E-state index is 0.117. The molecule has 0 spiro atoms. The zero-order valence-corrected chi connectivity index (χ0v) is 11.1. The van der Waals surface area contributed by atoms with Crippen molar-refractivity contribution < 1.29 is 17.9 Å². The van der Waals surface area contributed by atoms with E-state index in [-0.39, 0.29) is 24.1 Å². The monoisotopic (exact) mass is 302 g/mol. The number of anilines is 1. The van der Waals surface area contributed by atoms with Gasteiger partial charge in [-0.3, -0.25) is 0 Å². The molecule has 0 amide bonds. The summed E-state index contributed by atoms with van der Waals surface area (Å²) in [5, 5.41) is 3.44. The van der Waals surface area contributed by atoms with Crippen LogP contribution in [0.5, 0.6) is 0 Å². The van der Waals surface area contributed by atoms with Gasteiger partial charge in [-0.1, -0.05) is 0 Å². The molecule has 0 radical (unpaired) electrons. The van der Waals surface area contributed by atoms with Gasteiger partial charge in [0.2, 0.25) is 0 Å². The predicted octanol–water partition coefficient (Wildman–Crippen LogP) is 1.50. The molecular formula is C11H13F3N6O. The van der Waals surface area contributed by atoms with Crippen molar-refractivity contribution in [3.63, 3.8) is 0 Å². The van der Waals surface area contributed by atoms with E-state index >= 15 is 0 Å². The summed E-state index contributed by atoms with van der Waals surface area (Å²) in [4.78, 5) is 8.12. The number of nitrogens with zero attached hydrogens (tertiary/aromatic N) is 4. The highest BCUT2D eigenvalue weighted by atomic mass is 19.4. The number of rotatable bonds is 5. The average Bonchev–Trinajstić information content (AvgIpc) is 2.94. The first-order chi connectivity index (χ1) is 9.94. The Bertz CT molecular complexity index is 612. The highest BCUT2D eigenvalue weighted by Gasteiger charge is 2.33. The lowest BCUT2D eigenvalue weighted by Gasteiger charge is -2.08. The highest BCUT2D eigenvalue weighted by Crippen LogP contribution is 2.27. The van der Waals surface area contributed by atoms with Crippen LogP contribution in [-0.2, 0) is 17.5 Å². The SMILES string of the molecule is CCOCc1nc(NN)cc(-n2ccc(C(F)(F)F)n2)n1. The van der Waals surface area contributed by atoms with Gasteiger partial charge in [0.1, 0.15) is 12.4 Å². The van der Waals surface area contributed by atoms with E-state index in [2.05, 4.69) is 20.5 Å². The molecule has 7 nitrogen and oxygen atoms in total. The van der Waals surface area contributed by atoms with E-state index in [1.54, 1.807) is 6.92 Å². The van der Waals surface area contributed by atoms with Crippen LogP contribution in [0.3, 0.4) is 0 Å². The van der Waals surface area contributed by atoms with Crippen LogP contribution in [0, 0.1) is 0 Å². The van der Waals surface area contributed by atoms with Gasteiger partial charge in [-0.15, -0.1) is 0 Å². The van der Waals surface area contributed by atoms with Gasteiger partial charge in [0.15, 0.2) is 17.3 Å². The molecule has 2 aromatic heterocycles. The standard InChI is InChI=1S/C11H13F3N6O/c1-2-21-6-9-16-8(18-15)5-10(17-9)20-4-3-7(19-20)11(12,13)14/h3-5H,2,6,15H2,1H3,(H,16,17,18). The summed E-state index contributed by atoms with van der Waals surface area (Å²) < 4.78 is 43.8. The number of hydrazine groups is 1. The molecule has 0 aliphatic rings. The van der Waals surface area contributed by atoms with Crippen molar-refractivity contribution in [2.75, 3.05) is 12.0 Å². The molecular weight excluding hydrogens is 289 g/mol. The highest BCUT2D eigenvalue weighted by molar-refractivity contribution is 5.40. The van der Waals surface area contributed by atoms with E-state index in [4.69, 9.17) is 10.6 Å². The van der Waals surface area contributed by atoms with E-state index in [0.29, 0.717) is 6.61 Å². The lowest BCUT2D eigenvalue weighted by Crippen LogP contribution is -2.14. The Kier molecular flexibility index (Phi) is 4.38. The molecule has 0 unspecified atom stereocenters. The molecule has 2 heterocycles. The number of alkyl halides is 3. The van der Waals surface area contributed by atoms with Crippen molar-refractivity contribution in [2.24, 2.45) is 5.84 Å². The second kappa shape index (κ2) is 6.06. The van der Waals surface area contributed by atoms with Gasteiger partial charge in [-0.25, -0.2) is 20.5 Å². The third-order valence-corrected chi connectivity index (χ3v) is 2.46. The number of nitrogens with one attached hydrogen (secondary N) is 1. The van der Waals surface area contributed by atoms with Gasteiger partial charge in [0.05, 0.1) is 0 Å². The number of hydrogen-bond acceptors (Lipinski definition) is 6. The number of ether oxygens (including phenoxy) is 1. The molecule has 0 atom stereocenters. The van der Waals surface area contributed by atoms with E-state index in [1.807, 2.05) is 0 Å². The molecule has 2 rings (SSSR count). The van der Waals surface area contributed by atoms with Crippen LogP contribution < -0.4 is 11.3 Å². The number of nitrogens with two attached hydrogens (primary N) is 1. The van der Waals surface area contributed by atoms with Crippen molar-refractivity contribution in [2.45, 2.75) is 19.7 Å². The van der Waals surface area contributed by atoms with E-state index in [9.17, 15) is 13.2 Å². The third kappa shape index (κ3) is 3.67. The average molecular weight is 302 g/mol. The molecule has 10 heteroatoms. The van der Waals surface area contributed by atoms with Gasteiger partial charge in [-0.2, -0.15) is 18.3 Å². The summed E-state index contributed by atoms with van der Waals surface area (Å²) in [6.07, 6.45) is -3.35. The molecule has 3 N–H and O–H groups in total. The van der Waals surface area contributed by atoms with Crippen LogP contribution in [0.2, 0.25) is 0 Å². The maximum absolute atomic E-state index is 12.5. The predicted molar refractivity (Wildman–Crippen MR) is 67.3 cm³/mol. The summed E-state index contributed by atoms with van der Waals surface area (Å²) in [6, 6.07) is 2.24. The van der Waals surface area contributed by atoms with Crippen LogP contribution >= 0.6 is 0 Å². The molecule has 2 aromatic rings. The Balaban J connectivity index is 2.36. The molecule has 0 saturated heterocycles. The smallest absolute Gasteiger partial charge is 0.374 e. The fourth-order valence-electron chi connectivity index (χ4n) is 1.54. The zero-order chi connectivity index (χ0) is 15.5. The molecule has 0 fully saturated rings. The molecule has 114 valence electrons. The van der Waals surface area contributed by atoms with Crippen LogP contribution in [0.15, 0.2) is 18.3 Å². The number of hydrogen-bond donors (Lipinski definition) is 2. The topological polar surface area (TPSA) is 90.9 Å². The fourth-order valence-corrected chi connectivity index (χ4v) is 1.54. The summed E-state index contributed by atoms with van der Waals surface area (Å²) in [5.41, 5.74) is 1.32. The lowest BCUT2D eigenvalue weighted by atomic mass is 10.4. The molecule has 21 heavy (non-hydrogen) atoms. The molecule has 0 bridgehead atoms. The summed E-state index contributed by atoms with van der Waals surface area (Å²) in [5.74, 6) is 5.97. The van der Waals surface area contributed by atoms with E-state index < -0.39 is 11.9 Å². The second-order valence-corrected chi connectivity index (χ2v) is 3.95. The number of halogens is 3. The van der Waals surface area contributed by atoms with Crippen LogP contribution in [-0.4, -0.2) is 26.4 Å². The second-order valence-electron chi connectivity index (χ2n) is 3.95. The quantitative estimate of drug-likeness (QED) is 0.642. The summed E-state index contributed by atoms with van der Waals surface area (Å²) in [6.45, 7) is 2.38. The molecule has 0 aliphatic heterocycles. The first-order valence-electron chi connectivity index (χ1n) is 5.99. The van der Waals surface area contributed by atoms with Crippen LogP contribution in [0.1, 0.15) is 18.4 Å². The Morgan fingerprint density at radius 3 is 2.71 bits per heavy atom. The van der Waals surface area contributed by atoms with Crippen molar-refractivity contribution in [3.8, 4) is 5.82 Å². The Labute approximate surface area is 117 Å².